The van der Waals surface area contributed by atoms with Gasteiger partial charge < -0.3 is 24.5 Å². The lowest BCUT2D eigenvalue weighted by atomic mass is 10.0. The summed E-state index contributed by atoms with van der Waals surface area (Å²) in [6.45, 7) is 2.04. The van der Waals surface area contributed by atoms with E-state index in [0.29, 0.717) is 10.6 Å². The SMILES string of the molecule is CCOC(=O)N1CCN(C(=O)c2nc(-c3ccc(OC)c4nc(C(F)(F)F)ccc34)oc2CN)C[C@H]1c1ccc(Cl)c(Cl)c1. The van der Waals surface area contributed by atoms with Gasteiger partial charge in [0.25, 0.3) is 5.91 Å². The molecular formula is C29H26Cl2F3N5O5. The number of rotatable bonds is 6. The Balaban J connectivity index is 1.51. The van der Waals surface area contributed by atoms with Gasteiger partial charge in [-0.3, -0.25) is 9.69 Å². The van der Waals surface area contributed by atoms with Crippen LogP contribution < -0.4 is 10.5 Å². The maximum atomic E-state index is 13.9. The highest BCUT2D eigenvalue weighted by atomic mass is 35.5. The van der Waals surface area contributed by atoms with Crippen LogP contribution in [0.1, 0.15) is 40.5 Å². The second kappa shape index (κ2) is 12.5. The van der Waals surface area contributed by atoms with Crippen LogP contribution in [0.4, 0.5) is 18.0 Å². The van der Waals surface area contributed by atoms with Crippen molar-refractivity contribution in [3.63, 3.8) is 0 Å². The van der Waals surface area contributed by atoms with Crippen molar-refractivity contribution in [2.45, 2.75) is 25.7 Å². The highest BCUT2D eigenvalue weighted by Crippen LogP contribution is 2.38. The molecular weight excluding hydrogens is 626 g/mol. The Morgan fingerprint density at radius 1 is 1.09 bits per heavy atom. The van der Waals surface area contributed by atoms with E-state index in [1.54, 1.807) is 31.2 Å². The monoisotopic (exact) mass is 651 g/mol. The van der Waals surface area contributed by atoms with Crippen LogP contribution >= 0.6 is 23.2 Å². The molecule has 2 aromatic heterocycles. The van der Waals surface area contributed by atoms with Gasteiger partial charge in [-0.25, -0.2) is 14.8 Å². The number of halogens is 5. The van der Waals surface area contributed by atoms with Crippen molar-refractivity contribution in [2.24, 2.45) is 5.73 Å². The lowest BCUT2D eigenvalue weighted by Gasteiger charge is -2.40. The third-order valence-corrected chi connectivity index (χ3v) is 7.88. The van der Waals surface area contributed by atoms with Crippen molar-refractivity contribution in [1.82, 2.24) is 19.8 Å². The molecule has 0 radical (unpaired) electrons. The zero-order valence-corrected chi connectivity index (χ0v) is 25.0. The molecule has 0 saturated carbocycles. The molecule has 2 aromatic carbocycles. The average molecular weight is 652 g/mol. The smallest absolute Gasteiger partial charge is 0.433 e. The maximum Gasteiger partial charge on any atom is 0.433 e. The number of benzene rings is 2. The first-order chi connectivity index (χ1) is 21.0. The third kappa shape index (κ3) is 5.99. The van der Waals surface area contributed by atoms with E-state index in [9.17, 15) is 22.8 Å². The molecule has 0 aliphatic carbocycles. The Labute approximate surface area is 259 Å². The zero-order valence-electron chi connectivity index (χ0n) is 23.5. The van der Waals surface area contributed by atoms with Crippen molar-refractivity contribution < 1.29 is 36.7 Å². The van der Waals surface area contributed by atoms with Gasteiger partial charge in [0.05, 0.1) is 36.3 Å². The number of alkyl halides is 3. The van der Waals surface area contributed by atoms with Gasteiger partial charge in [-0.2, -0.15) is 13.2 Å². The minimum absolute atomic E-state index is 0.0331. The highest BCUT2D eigenvalue weighted by molar-refractivity contribution is 6.42. The van der Waals surface area contributed by atoms with Gasteiger partial charge in [-0.1, -0.05) is 29.3 Å². The Hall–Kier alpha value is -4.07. The second-order valence-corrected chi connectivity index (χ2v) is 10.5. The summed E-state index contributed by atoms with van der Waals surface area (Å²) < 4.78 is 56.5. The lowest BCUT2D eigenvalue weighted by molar-refractivity contribution is -0.140. The molecule has 4 aromatic rings. The molecule has 1 fully saturated rings. The number of pyridine rings is 1. The summed E-state index contributed by atoms with van der Waals surface area (Å²) in [5, 5.41) is 0.885. The predicted molar refractivity (Wildman–Crippen MR) is 156 cm³/mol. The van der Waals surface area contributed by atoms with Gasteiger partial charge in [0.2, 0.25) is 5.89 Å². The summed E-state index contributed by atoms with van der Waals surface area (Å²) in [4.78, 5) is 37.9. The van der Waals surface area contributed by atoms with Crippen molar-refractivity contribution in [1.29, 1.82) is 0 Å². The quantitative estimate of drug-likeness (QED) is 0.256. The van der Waals surface area contributed by atoms with Crippen LogP contribution in [0.15, 0.2) is 46.9 Å². The molecule has 5 rings (SSSR count). The van der Waals surface area contributed by atoms with Crippen LogP contribution in [0.2, 0.25) is 10.0 Å². The van der Waals surface area contributed by atoms with E-state index in [-0.39, 0.29) is 77.4 Å². The van der Waals surface area contributed by atoms with Crippen molar-refractivity contribution >= 4 is 46.1 Å². The van der Waals surface area contributed by atoms with Crippen molar-refractivity contribution in [3.8, 4) is 17.2 Å². The highest BCUT2D eigenvalue weighted by Gasteiger charge is 2.37. The minimum Gasteiger partial charge on any atom is -0.494 e. The Morgan fingerprint density at radius 3 is 2.52 bits per heavy atom. The maximum absolute atomic E-state index is 13.9. The fraction of sp³-hybridized carbons (Fsp3) is 0.310. The largest absolute Gasteiger partial charge is 0.494 e. The van der Waals surface area contributed by atoms with Crippen LogP contribution in [0.5, 0.6) is 5.75 Å². The first-order valence-electron chi connectivity index (χ1n) is 13.4. The van der Waals surface area contributed by atoms with E-state index in [4.69, 9.17) is 42.8 Å². The molecule has 1 aliphatic rings. The molecule has 1 aliphatic heterocycles. The van der Waals surface area contributed by atoms with E-state index in [1.807, 2.05) is 0 Å². The molecule has 1 saturated heterocycles. The summed E-state index contributed by atoms with van der Waals surface area (Å²) in [7, 11) is 1.32. The summed E-state index contributed by atoms with van der Waals surface area (Å²) in [6.07, 6.45) is -5.22. The normalized spacial score (nSPS) is 15.5. The standard InChI is InChI=1S/C29H26Cl2F3N5O5/c1-3-43-28(41)39-11-10-38(14-20(39)15-4-7-18(30)19(31)12-15)27(40)25-22(13-35)44-26(37-25)17-5-8-21(42-2)24-16(17)6-9-23(36-24)29(32,33)34/h4-9,12,20H,3,10-11,13-14,35H2,1-2H3/t20-/m0/s1. The molecule has 0 spiro atoms. The zero-order chi connectivity index (χ0) is 31.8. The van der Waals surface area contributed by atoms with Gasteiger partial charge in [0.1, 0.15) is 17.0 Å². The van der Waals surface area contributed by atoms with Crippen molar-refractivity contribution in [2.75, 3.05) is 33.4 Å². The molecule has 10 nitrogen and oxygen atoms in total. The Morgan fingerprint density at radius 2 is 1.86 bits per heavy atom. The number of hydrogen-bond acceptors (Lipinski definition) is 8. The Bertz CT molecular complexity index is 1730. The molecule has 232 valence electrons. The van der Waals surface area contributed by atoms with E-state index >= 15 is 0 Å². The van der Waals surface area contributed by atoms with Crippen LogP contribution in [0.25, 0.3) is 22.4 Å². The number of nitrogens with zero attached hydrogens (tertiary/aromatic N) is 4. The number of ether oxygens (including phenoxy) is 2. The minimum atomic E-state index is -4.67. The topological polar surface area (TPSA) is 124 Å². The molecule has 2 amide bonds. The Kier molecular flexibility index (Phi) is 8.91. The average Bonchev–Trinajstić information content (AvgIpc) is 3.45. The first kappa shape index (κ1) is 31.4. The summed E-state index contributed by atoms with van der Waals surface area (Å²) in [5.74, 6) is -0.351. The second-order valence-electron chi connectivity index (χ2n) is 9.73. The number of oxazole rings is 1. The number of carbonyl (C=O) groups excluding carboxylic acids is 2. The molecule has 15 heteroatoms. The molecule has 2 N–H and O–H groups in total. The molecule has 1 atom stereocenters. The van der Waals surface area contributed by atoms with Gasteiger partial charge in [-0.05, 0) is 48.9 Å². The number of amides is 2. The number of methoxy groups -OCH3 is 1. The molecule has 0 bridgehead atoms. The fourth-order valence-electron chi connectivity index (χ4n) is 5.02. The van der Waals surface area contributed by atoms with E-state index in [2.05, 4.69) is 9.97 Å². The van der Waals surface area contributed by atoms with Crippen LogP contribution in [-0.4, -0.2) is 65.1 Å². The third-order valence-electron chi connectivity index (χ3n) is 7.14. The van der Waals surface area contributed by atoms with E-state index in [0.717, 1.165) is 6.07 Å². The van der Waals surface area contributed by atoms with Gasteiger partial charge in [0, 0.05) is 30.6 Å². The first-order valence-corrected chi connectivity index (χ1v) is 14.1. The molecule has 3 heterocycles. The summed E-state index contributed by atoms with van der Waals surface area (Å²) in [5.41, 5.74) is 5.63. The number of aromatic nitrogens is 2. The van der Waals surface area contributed by atoms with Gasteiger partial charge in [0.15, 0.2) is 11.5 Å². The summed E-state index contributed by atoms with van der Waals surface area (Å²) >= 11 is 12.4. The predicted octanol–water partition coefficient (Wildman–Crippen LogP) is 6.34. The number of piperazine rings is 1. The van der Waals surface area contributed by atoms with E-state index in [1.165, 1.54) is 29.0 Å². The summed E-state index contributed by atoms with van der Waals surface area (Å²) in [6, 6.07) is 9.40. The van der Waals surface area contributed by atoms with Crippen LogP contribution in [0.3, 0.4) is 0 Å². The van der Waals surface area contributed by atoms with Crippen molar-refractivity contribution in [3.05, 3.63) is 75.2 Å². The fourth-order valence-corrected chi connectivity index (χ4v) is 5.33. The number of nitrogens with two attached hydrogens (primary N) is 1. The van der Waals surface area contributed by atoms with Crippen LogP contribution in [-0.2, 0) is 17.5 Å². The molecule has 0 unspecified atom stereocenters. The molecule has 44 heavy (non-hydrogen) atoms. The van der Waals surface area contributed by atoms with E-state index < -0.39 is 29.9 Å². The van der Waals surface area contributed by atoms with Crippen LogP contribution in [0, 0.1) is 0 Å². The number of fused-ring (bicyclic) bond motifs is 1. The lowest BCUT2D eigenvalue weighted by Crippen LogP contribution is -2.52. The number of hydrogen-bond donors (Lipinski definition) is 1. The van der Waals surface area contributed by atoms with Gasteiger partial charge in [-0.15, -0.1) is 0 Å². The number of carbonyl (C=O) groups is 2. The van der Waals surface area contributed by atoms with Gasteiger partial charge >= 0.3 is 12.3 Å².